The molecular weight excluding hydrogens is 112 g/mol. The van der Waals surface area contributed by atoms with E-state index in [1.165, 1.54) is 0 Å². The molecule has 0 amide bonds. The van der Waals surface area contributed by atoms with E-state index in [4.69, 9.17) is 1.37 Å². The lowest BCUT2D eigenvalue weighted by Gasteiger charge is -1.86. The molecule has 0 aliphatic carbocycles. The van der Waals surface area contributed by atoms with Crippen LogP contribution in [0, 0.1) is 0 Å². The Morgan fingerprint density at radius 2 is 2.56 bits per heavy atom. The number of rotatable bonds is 0. The molecule has 2 rings (SSSR count). The number of fused-ring (bicyclic) bond motifs is 1. The summed E-state index contributed by atoms with van der Waals surface area (Å²) in [4.78, 5) is 4.04. The molecule has 0 saturated heterocycles. The van der Waals surface area contributed by atoms with Crippen molar-refractivity contribution in [2.75, 3.05) is 0 Å². The third kappa shape index (κ3) is 0.598. The minimum Gasteiger partial charge on any atom is -0.307 e. The van der Waals surface area contributed by atoms with Crippen LogP contribution in [0.5, 0.6) is 0 Å². The van der Waals surface area contributed by atoms with Gasteiger partial charge in [0.25, 0.3) is 0 Å². The minimum absolute atomic E-state index is 0.505. The van der Waals surface area contributed by atoms with Crippen molar-refractivity contribution >= 4 is 5.65 Å². The van der Waals surface area contributed by atoms with Gasteiger partial charge in [0.05, 0.1) is 1.37 Å². The third-order valence-electron chi connectivity index (χ3n) is 1.24. The van der Waals surface area contributed by atoms with E-state index in [0.717, 1.165) is 5.65 Å². The Morgan fingerprint density at radius 3 is 3.56 bits per heavy atom. The molecule has 2 aromatic heterocycles. The summed E-state index contributed by atoms with van der Waals surface area (Å²) >= 11 is 0. The molecular formula is C7H6N2. The van der Waals surface area contributed by atoms with Crippen LogP contribution in [0.3, 0.4) is 0 Å². The van der Waals surface area contributed by atoms with E-state index in [2.05, 4.69) is 4.98 Å². The lowest BCUT2D eigenvalue weighted by atomic mass is 10.5. The third-order valence-corrected chi connectivity index (χ3v) is 1.24. The van der Waals surface area contributed by atoms with Crippen molar-refractivity contribution in [2.24, 2.45) is 0 Å². The molecule has 2 heterocycles. The van der Waals surface area contributed by atoms with Crippen LogP contribution in [0.2, 0.25) is 0 Å². The Morgan fingerprint density at radius 1 is 1.56 bits per heavy atom. The van der Waals surface area contributed by atoms with Gasteiger partial charge in [-0.25, -0.2) is 4.98 Å². The molecule has 2 heteroatoms. The van der Waals surface area contributed by atoms with Crippen LogP contribution in [-0.2, 0) is 0 Å². The molecule has 9 heavy (non-hydrogen) atoms. The van der Waals surface area contributed by atoms with E-state index < -0.39 is 0 Å². The van der Waals surface area contributed by atoms with Crippen molar-refractivity contribution in [3.05, 3.63) is 36.8 Å². The summed E-state index contributed by atoms with van der Waals surface area (Å²) in [5.74, 6) is 0. The molecule has 0 N–H and O–H groups in total. The van der Waals surface area contributed by atoms with Crippen molar-refractivity contribution in [1.82, 2.24) is 9.38 Å². The summed E-state index contributed by atoms with van der Waals surface area (Å²) in [7, 11) is 0. The van der Waals surface area contributed by atoms with Crippen LogP contribution >= 0.6 is 0 Å². The van der Waals surface area contributed by atoms with Crippen molar-refractivity contribution in [3.63, 3.8) is 0 Å². The lowest BCUT2D eigenvalue weighted by Crippen LogP contribution is -1.77. The van der Waals surface area contributed by atoms with Crippen molar-refractivity contribution in [1.29, 1.82) is 0 Å². The molecule has 0 bridgehead atoms. The van der Waals surface area contributed by atoms with Gasteiger partial charge < -0.3 is 4.40 Å². The fourth-order valence-electron chi connectivity index (χ4n) is 0.809. The highest BCUT2D eigenvalue weighted by Gasteiger charge is 1.85. The second-order valence-corrected chi connectivity index (χ2v) is 1.82. The molecule has 2 nitrogen and oxygen atoms in total. The topological polar surface area (TPSA) is 17.3 Å². The fourth-order valence-corrected chi connectivity index (χ4v) is 0.809. The zero-order valence-electron chi connectivity index (χ0n) is 5.78. The van der Waals surface area contributed by atoms with E-state index in [0.29, 0.717) is 6.04 Å². The van der Waals surface area contributed by atoms with Crippen LogP contribution in [-0.4, -0.2) is 9.38 Å². The van der Waals surface area contributed by atoms with Gasteiger partial charge in [-0.05, 0) is 12.1 Å². The maximum Gasteiger partial charge on any atom is 0.136 e. The highest BCUT2D eigenvalue weighted by molar-refractivity contribution is 5.36. The van der Waals surface area contributed by atoms with Crippen LogP contribution in [0.1, 0.15) is 1.37 Å². The summed E-state index contributed by atoms with van der Waals surface area (Å²) < 4.78 is 9.09. The quantitative estimate of drug-likeness (QED) is 0.512. The van der Waals surface area contributed by atoms with Gasteiger partial charge in [-0.1, -0.05) is 6.07 Å². The fraction of sp³-hybridized carbons (Fsp3) is 0. The number of aromatic nitrogens is 2. The first-order valence-corrected chi connectivity index (χ1v) is 2.75. The van der Waals surface area contributed by atoms with E-state index >= 15 is 0 Å². The summed E-state index contributed by atoms with van der Waals surface area (Å²) in [5.41, 5.74) is 0.885. The van der Waals surface area contributed by atoms with Crippen molar-refractivity contribution < 1.29 is 1.37 Å². The second-order valence-electron chi connectivity index (χ2n) is 1.82. The predicted octanol–water partition coefficient (Wildman–Crippen LogP) is 1.33. The molecule has 0 aromatic carbocycles. The van der Waals surface area contributed by atoms with Crippen LogP contribution in [0.15, 0.2) is 36.8 Å². The summed E-state index contributed by atoms with van der Waals surface area (Å²) in [6.07, 6.45) is 5.27. The monoisotopic (exact) mass is 120 g/mol. The Kier molecular flexibility index (Phi) is 0.646. The molecule has 0 atom stereocenters. The number of nitrogens with zero attached hydrogens (tertiary/aromatic N) is 2. The van der Waals surface area contributed by atoms with Gasteiger partial charge in [0, 0.05) is 18.6 Å². The molecule has 0 saturated carbocycles. The highest BCUT2D eigenvalue weighted by Crippen LogP contribution is 1.96. The normalized spacial score (nSPS) is 11.8. The second kappa shape index (κ2) is 1.58. The molecule has 0 aliphatic heterocycles. The van der Waals surface area contributed by atoms with Crippen LogP contribution < -0.4 is 0 Å². The molecule has 44 valence electrons. The Bertz CT molecular complexity index is 353. The van der Waals surface area contributed by atoms with Crippen molar-refractivity contribution in [3.8, 4) is 0 Å². The Hall–Kier alpha value is -1.31. The molecule has 2 aromatic rings. The molecule has 0 unspecified atom stereocenters. The molecule has 0 aliphatic rings. The zero-order chi connectivity index (χ0) is 6.97. The van der Waals surface area contributed by atoms with E-state index in [9.17, 15) is 0 Å². The van der Waals surface area contributed by atoms with Gasteiger partial charge in [-0.3, -0.25) is 0 Å². The van der Waals surface area contributed by atoms with Crippen LogP contribution in [0.4, 0.5) is 0 Å². The van der Waals surface area contributed by atoms with E-state index in [1.807, 2.05) is 16.7 Å². The van der Waals surface area contributed by atoms with Gasteiger partial charge in [0.2, 0.25) is 0 Å². The number of hydrogen-bond donors (Lipinski definition) is 0. The molecule has 0 fully saturated rings. The van der Waals surface area contributed by atoms with Gasteiger partial charge in [0.1, 0.15) is 5.65 Å². The number of hydrogen-bond acceptors (Lipinski definition) is 1. The first-order valence-electron chi connectivity index (χ1n) is 3.25. The molecule has 0 radical (unpaired) electrons. The largest absolute Gasteiger partial charge is 0.307 e. The lowest BCUT2D eigenvalue weighted by molar-refractivity contribution is 1.19. The Balaban J connectivity index is 2.86. The number of pyridine rings is 1. The maximum atomic E-state index is 7.27. The smallest absolute Gasteiger partial charge is 0.136 e. The van der Waals surface area contributed by atoms with E-state index in [1.54, 1.807) is 18.5 Å². The number of imidazole rings is 1. The predicted molar refractivity (Wildman–Crippen MR) is 35.2 cm³/mol. The average Bonchev–Trinajstić information content (AvgIpc) is 2.33. The summed E-state index contributed by atoms with van der Waals surface area (Å²) in [5, 5.41) is 0. The minimum atomic E-state index is 0.505. The first kappa shape index (κ1) is 3.67. The van der Waals surface area contributed by atoms with E-state index in [-0.39, 0.29) is 0 Å². The van der Waals surface area contributed by atoms with Crippen LogP contribution in [0.25, 0.3) is 5.65 Å². The van der Waals surface area contributed by atoms with Gasteiger partial charge >= 0.3 is 0 Å². The standard InChI is InChI=1S/C7H6N2/c1-2-5-9-6-4-8-7(9)3-1/h1-6H/i2T. The zero-order valence-corrected chi connectivity index (χ0v) is 4.78. The summed E-state index contributed by atoms with van der Waals surface area (Å²) in [6, 6.07) is 4.05. The van der Waals surface area contributed by atoms with Gasteiger partial charge in [0.15, 0.2) is 0 Å². The highest BCUT2D eigenvalue weighted by atomic mass is 15.0. The SMILES string of the molecule is [3H]c1ccc2nccn2c1. The van der Waals surface area contributed by atoms with Gasteiger partial charge in [-0.2, -0.15) is 0 Å². The Labute approximate surface area is 54.2 Å². The average molecular weight is 120 g/mol. The summed E-state index contributed by atoms with van der Waals surface area (Å²) in [6.45, 7) is 0. The molecule has 0 spiro atoms. The van der Waals surface area contributed by atoms with Gasteiger partial charge in [-0.15, -0.1) is 0 Å². The first-order chi connectivity index (χ1) is 4.86. The van der Waals surface area contributed by atoms with Crippen molar-refractivity contribution in [2.45, 2.75) is 0 Å². The maximum absolute atomic E-state index is 7.27.